The number of nitrogens with zero attached hydrogens (tertiary/aromatic N) is 1. The van der Waals surface area contributed by atoms with Crippen LogP contribution in [0.5, 0.6) is 11.5 Å². The molecule has 0 saturated carbocycles. The Bertz CT molecular complexity index is 490. The van der Waals surface area contributed by atoms with Crippen molar-refractivity contribution in [3.05, 3.63) is 23.8 Å². The molecule has 1 fully saturated rings. The Labute approximate surface area is 126 Å². The van der Waals surface area contributed by atoms with Crippen molar-refractivity contribution >= 4 is 5.91 Å². The number of carbonyl (C=O) groups is 1. The maximum atomic E-state index is 11.9. The molecule has 1 unspecified atom stereocenters. The lowest BCUT2D eigenvalue weighted by Crippen LogP contribution is -2.29. The van der Waals surface area contributed by atoms with Crippen molar-refractivity contribution < 1.29 is 14.3 Å². The Morgan fingerprint density at radius 2 is 2.19 bits per heavy atom. The van der Waals surface area contributed by atoms with Gasteiger partial charge < -0.3 is 19.7 Å². The zero-order valence-corrected chi connectivity index (χ0v) is 13.0. The van der Waals surface area contributed by atoms with E-state index in [1.807, 2.05) is 18.2 Å². The van der Waals surface area contributed by atoms with Crippen LogP contribution < -0.4 is 14.8 Å². The maximum Gasteiger partial charge on any atom is 0.263 e. The van der Waals surface area contributed by atoms with Gasteiger partial charge in [-0.15, -0.1) is 0 Å². The number of likely N-dealkylation sites (tertiary alicyclic amines) is 1. The number of benzene rings is 1. The molecule has 1 aromatic carbocycles. The summed E-state index contributed by atoms with van der Waals surface area (Å²) in [5.74, 6) is 1.34. The summed E-state index contributed by atoms with van der Waals surface area (Å²) in [4.78, 5) is 13.6. The number of likely N-dealkylation sites (N-methyl/N-ethyl adjacent to an activating group) is 1. The van der Waals surface area contributed by atoms with Crippen LogP contribution in [0.25, 0.3) is 0 Å². The van der Waals surface area contributed by atoms with E-state index in [0.717, 1.165) is 38.0 Å². The monoisotopic (exact) mass is 292 g/mol. The molecule has 1 atom stereocenters. The maximum absolute atomic E-state index is 11.9. The summed E-state index contributed by atoms with van der Waals surface area (Å²) in [6, 6.07) is 5.85. The standard InChI is InChI=1S/C16H24N2O3/c1-4-8-17-11-12-5-6-13(15(10-12)20-3)21-14-7-9-18(2)16(14)19/h5-6,10,14,17H,4,7-9,11H2,1-3H3. The summed E-state index contributed by atoms with van der Waals surface area (Å²) < 4.78 is 11.2. The van der Waals surface area contributed by atoms with Crippen LogP contribution in [0.1, 0.15) is 25.3 Å². The van der Waals surface area contributed by atoms with E-state index in [-0.39, 0.29) is 5.91 Å². The van der Waals surface area contributed by atoms with Crippen LogP contribution in [0, 0.1) is 0 Å². The first kappa shape index (κ1) is 15.6. The first-order valence-corrected chi connectivity index (χ1v) is 7.45. The molecular weight excluding hydrogens is 268 g/mol. The summed E-state index contributed by atoms with van der Waals surface area (Å²) in [6.45, 7) is 4.67. The third kappa shape index (κ3) is 3.88. The third-order valence-corrected chi connectivity index (χ3v) is 3.63. The minimum absolute atomic E-state index is 0.0331. The molecule has 1 amide bonds. The molecule has 0 radical (unpaired) electrons. The molecular formula is C16H24N2O3. The highest BCUT2D eigenvalue weighted by Crippen LogP contribution is 2.30. The van der Waals surface area contributed by atoms with E-state index < -0.39 is 6.10 Å². The Hall–Kier alpha value is -1.75. The van der Waals surface area contributed by atoms with E-state index in [4.69, 9.17) is 9.47 Å². The highest BCUT2D eigenvalue weighted by molar-refractivity contribution is 5.83. The van der Waals surface area contributed by atoms with E-state index >= 15 is 0 Å². The number of hydrogen-bond donors (Lipinski definition) is 1. The summed E-state index contributed by atoms with van der Waals surface area (Å²) in [6.07, 6.45) is 1.43. The fourth-order valence-electron chi connectivity index (χ4n) is 2.38. The molecule has 0 aromatic heterocycles. The molecule has 0 aliphatic carbocycles. The highest BCUT2D eigenvalue weighted by Gasteiger charge is 2.31. The first-order chi connectivity index (χ1) is 10.2. The van der Waals surface area contributed by atoms with Crippen LogP contribution in [0.4, 0.5) is 0 Å². The minimum Gasteiger partial charge on any atom is -0.493 e. The molecule has 2 rings (SSSR count). The second-order valence-corrected chi connectivity index (χ2v) is 5.32. The van der Waals surface area contributed by atoms with Crippen LogP contribution in [0.15, 0.2) is 18.2 Å². The predicted octanol–water partition coefficient (Wildman–Crippen LogP) is 1.80. The van der Waals surface area contributed by atoms with E-state index in [0.29, 0.717) is 11.5 Å². The van der Waals surface area contributed by atoms with Gasteiger partial charge in [0, 0.05) is 26.6 Å². The van der Waals surface area contributed by atoms with Gasteiger partial charge in [-0.2, -0.15) is 0 Å². The van der Waals surface area contributed by atoms with Gasteiger partial charge in [-0.1, -0.05) is 13.0 Å². The van der Waals surface area contributed by atoms with E-state index in [1.54, 1.807) is 19.1 Å². The van der Waals surface area contributed by atoms with Crippen LogP contribution in [-0.4, -0.2) is 44.2 Å². The second-order valence-electron chi connectivity index (χ2n) is 5.32. The number of rotatable bonds is 7. The first-order valence-electron chi connectivity index (χ1n) is 7.45. The number of carbonyl (C=O) groups excluding carboxylic acids is 1. The van der Waals surface area contributed by atoms with Crippen LogP contribution in [0.2, 0.25) is 0 Å². The molecule has 0 bridgehead atoms. The number of hydrogen-bond acceptors (Lipinski definition) is 4. The van der Waals surface area contributed by atoms with Crippen molar-refractivity contribution in [3.63, 3.8) is 0 Å². The molecule has 1 aliphatic heterocycles. The summed E-state index contributed by atoms with van der Waals surface area (Å²) in [5, 5.41) is 3.35. The van der Waals surface area contributed by atoms with Crippen LogP contribution in [0.3, 0.4) is 0 Å². The molecule has 116 valence electrons. The predicted molar refractivity (Wildman–Crippen MR) is 81.7 cm³/mol. The van der Waals surface area contributed by atoms with Gasteiger partial charge in [-0.05, 0) is 30.7 Å². The summed E-state index contributed by atoms with van der Waals surface area (Å²) in [5.41, 5.74) is 1.14. The summed E-state index contributed by atoms with van der Waals surface area (Å²) in [7, 11) is 3.42. The largest absolute Gasteiger partial charge is 0.493 e. The number of ether oxygens (including phenoxy) is 2. The van der Waals surface area contributed by atoms with E-state index in [1.165, 1.54) is 0 Å². The lowest BCUT2D eigenvalue weighted by atomic mass is 10.2. The molecule has 1 N–H and O–H groups in total. The Morgan fingerprint density at radius 3 is 2.81 bits per heavy atom. The topological polar surface area (TPSA) is 50.8 Å². The van der Waals surface area contributed by atoms with Gasteiger partial charge >= 0.3 is 0 Å². The van der Waals surface area contributed by atoms with Crippen molar-refractivity contribution in [2.45, 2.75) is 32.4 Å². The normalized spacial score (nSPS) is 18.1. The van der Waals surface area contributed by atoms with Crippen molar-refractivity contribution in [2.24, 2.45) is 0 Å². The molecule has 1 aliphatic rings. The van der Waals surface area contributed by atoms with Gasteiger partial charge in [0.15, 0.2) is 17.6 Å². The molecule has 1 aromatic rings. The van der Waals surface area contributed by atoms with E-state index in [9.17, 15) is 4.79 Å². The SMILES string of the molecule is CCCNCc1ccc(OC2CCN(C)C2=O)c(OC)c1. The highest BCUT2D eigenvalue weighted by atomic mass is 16.5. The Kier molecular flexibility index (Phi) is 5.44. The minimum atomic E-state index is -0.395. The second kappa shape index (κ2) is 7.31. The van der Waals surface area contributed by atoms with Crippen LogP contribution >= 0.6 is 0 Å². The number of methoxy groups -OCH3 is 1. The van der Waals surface area contributed by atoms with Gasteiger partial charge in [-0.3, -0.25) is 4.79 Å². The number of amides is 1. The quantitative estimate of drug-likeness (QED) is 0.779. The average Bonchev–Trinajstić information content (AvgIpc) is 2.81. The molecule has 21 heavy (non-hydrogen) atoms. The smallest absolute Gasteiger partial charge is 0.263 e. The van der Waals surface area contributed by atoms with Crippen LogP contribution in [-0.2, 0) is 11.3 Å². The zero-order valence-electron chi connectivity index (χ0n) is 13.0. The molecule has 1 heterocycles. The fourth-order valence-corrected chi connectivity index (χ4v) is 2.38. The van der Waals surface area contributed by atoms with Gasteiger partial charge in [0.05, 0.1) is 7.11 Å². The lowest BCUT2D eigenvalue weighted by Gasteiger charge is -2.16. The Balaban J connectivity index is 2.04. The molecule has 5 heteroatoms. The fraction of sp³-hybridized carbons (Fsp3) is 0.562. The van der Waals surface area contributed by atoms with Crippen molar-refractivity contribution in [1.82, 2.24) is 10.2 Å². The van der Waals surface area contributed by atoms with Gasteiger partial charge in [-0.25, -0.2) is 0 Å². The lowest BCUT2D eigenvalue weighted by molar-refractivity contribution is -0.132. The number of nitrogens with one attached hydrogen (secondary N) is 1. The molecule has 5 nitrogen and oxygen atoms in total. The molecule has 1 saturated heterocycles. The van der Waals surface area contributed by atoms with Crippen molar-refractivity contribution in [2.75, 3.05) is 27.2 Å². The third-order valence-electron chi connectivity index (χ3n) is 3.63. The average molecular weight is 292 g/mol. The van der Waals surface area contributed by atoms with E-state index in [2.05, 4.69) is 12.2 Å². The van der Waals surface area contributed by atoms with Gasteiger partial charge in [0.25, 0.3) is 5.91 Å². The Morgan fingerprint density at radius 1 is 1.38 bits per heavy atom. The summed E-state index contributed by atoms with van der Waals surface area (Å²) >= 11 is 0. The van der Waals surface area contributed by atoms with Gasteiger partial charge in [0.1, 0.15) is 0 Å². The molecule has 0 spiro atoms. The van der Waals surface area contributed by atoms with Gasteiger partial charge in [0.2, 0.25) is 0 Å². The zero-order chi connectivity index (χ0) is 15.2. The van der Waals surface area contributed by atoms with Crippen molar-refractivity contribution in [1.29, 1.82) is 0 Å². The van der Waals surface area contributed by atoms with Crippen molar-refractivity contribution in [3.8, 4) is 11.5 Å².